The summed E-state index contributed by atoms with van der Waals surface area (Å²) in [7, 11) is 0. The van der Waals surface area contributed by atoms with Crippen LogP contribution in [0.4, 0.5) is 18.9 Å². The second kappa shape index (κ2) is 8.60. The Balaban J connectivity index is 0.00000272. The topological polar surface area (TPSA) is 89.7 Å². The Kier molecular flexibility index (Phi) is 6.27. The van der Waals surface area contributed by atoms with Gasteiger partial charge in [0, 0.05) is 37.4 Å². The number of nitrogens with zero attached hydrogens (tertiary/aromatic N) is 3. The van der Waals surface area contributed by atoms with Crippen molar-refractivity contribution in [1.29, 1.82) is 0 Å². The maximum atomic E-state index is 12.8. The van der Waals surface area contributed by atoms with Crippen LogP contribution in [0.3, 0.4) is 0 Å². The Hall–Kier alpha value is -3.05. The van der Waals surface area contributed by atoms with Gasteiger partial charge in [0.15, 0.2) is 5.65 Å². The Morgan fingerprint density at radius 2 is 2.00 bits per heavy atom. The first-order valence-corrected chi connectivity index (χ1v) is 9.28. The fourth-order valence-corrected chi connectivity index (χ4v) is 3.62. The van der Waals surface area contributed by atoms with Gasteiger partial charge < -0.3 is 19.9 Å². The number of nitrogens with one attached hydrogen (secondary N) is 2. The molecule has 3 heterocycles. The third-order valence-corrected chi connectivity index (χ3v) is 4.87. The highest BCUT2D eigenvalue weighted by atomic mass is 35.5. The van der Waals surface area contributed by atoms with Gasteiger partial charge in [-0.05, 0) is 31.2 Å². The minimum Gasteiger partial charge on any atom is -0.406 e. The normalized spacial score (nSPS) is 13.4. The first kappa shape index (κ1) is 22.6. The molecule has 12 heteroatoms. The zero-order chi connectivity index (χ0) is 21.5. The lowest BCUT2D eigenvalue weighted by Gasteiger charge is -2.22. The third-order valence-electron chi connectivity index (χ3n) is 4.87. The highest BCUT2D eigenvalue weighted by Gasteiger charge is 2.31. The highest BCUT2D eigenvalue weighted by molar-refractivity contribution is 6.08. The smallest absolute Gasteiger partial charge is 0.406 e. The van der Waals surface area contributed by atoms with Crippen molar-refractivity contribution < 1.29 is 22.7 Å². The largest absolute Gasteiger partial charge is 0.573 e. The molecule has 0 spiro atoms. The van der Waals surface area contributed by atoms with Crippen molar-refractivity contribution in [3.63, 3.8) is 0 Å². The number of aryl methyl sites for hydroxylation is 1. The summed E-state index contributed by atoms with van der Waals surface area (Å²) < 4.78 is 43.8. The van der Waals surface area contributed by atoms with Gasteiger partial charge in [-0.1, -0.05) is 0 Å². The molecule has 1 aliphatic rings. The van der Waals surface area contributed by atoms with Crippen LogP contribution in [0.2, 0.25) is 0 Å². The molecule has 1 aliphatic heterocycles. The molecule has 1 amide bonds. The van der Waals surface area contributed by atoms with E-state index >= 15 is 0 Å². The summed E-state index contributed by atoms with van der Waals surface area (Å²) >= 11 is 0. The van der Waals surface area contributed by atoms with Crippen LogP contribution >= 0.6 is 12.4 Å². The van der Waals surface area contributed by atoms with Gasteiger partial charge in [-0.3, -0.25) is 9.59 Å². The minimum atomic E-state index is -4.79. The van der Waals surface area contributed by atoms with Crippen molar-refractivity contribution in [2.75, 3.05) is 11.9 Å². The summed E-state index contributed by atoms with van der Waals surface area (Å²) in [6.07, 6.45) is -2.82. The molecule has 0 saturated carbocycles. The molecular formula is C19H19ClF3N5O3. The van der Waals surface area contributed by atoms with Crippen LogP contribution in [-0.2, 0) is 19.5 Å². The number of hydrogen-bond acceptors (Lipinski definition) is 5. The van der Waals surface area contributed by atoms with E-state index in [1.807, 2.05) is 11.5 Å². The fourth-order valence-electron chi connectivity index (χ4n) is 3.62. The van der Waals surface area contributed by atoms with Gasteiger partial charge in [0.2, 0.25) is 0 Å². The number of hydrogen-bond donors (Lipinski definition) is 2. The third kappa shape index (κ3) is 4.37. The molecule has 0 radical (unpaired) electrons. The summed E-state index contributed by atoms with van der Waals surface area (Å²) in [5.41, 5.74) is 2.09. The van der Waals surface area contributed by atoms with E-state index in [0.29, 0.717) is 30.7 Å². The molecule has 2 N–H and O–H groups in total. The van der Waals surface area contributed by atoms with Crippen LogP contribution in [0.15, 0.2) is 35.3 Å². The molecule has 0 atom stereocenters. The first-order valence-electron chi connectivity index (χ1n) is 9.28. The number of alkyl halides is 3. The number of amides is 1. The molecule has 0 saturated heterocycles. The summed E-state index contributed by atoms with van der Waals surface area (Å²) in [6.45, 7) is 3.63. The zero-order valence-electron chi connectivity index (χ0n) is 16.3. The van der Waals surface area contributed by atoms with E-state index in [9.17, 15) is 22.8 Å². The molecule has 0 aliphatic carbocycles. The average Bonchev–Trinajstić information content (AvgIpc) is 3.14. The number of halogens is 4. The van der Waals surface area contributed by atoms with Crippen LogP contribution in [-0.4, -0.2) is 33.0 Å². The van der Waals surface area contributed by atoms with Crippen molar-refractivity contribution >= 4 is 29.6 Å². The molecule has 1 aromatic carbocycles. The molecule has 0 bridgehead atoms. The van der Waals surface area contributed by atoms with Gasteiger partial charge in [0.25, 0.3) is 11.5 Å². The highest BCUT2D eigenvalue weighted by Crippen LogP contribution is 2.24. The van der Waals surface area contributed by atoms with Crippen LogP contribution in [0, 0.1) is 0 Å². The lowest BCUT2D eigenvalue weighted by atomic mass is 10.1. The van der Waals surface area contributed by atoms with E-state index in [2.05, 4.69) is 20.5 Å². The molecular weight excluding hydrogens is 439 g/mol. The summed E-state index contributed by atoms with van der Waals surface area (Å²) in [4.78, 5) is 25.6. The summed E-state index contributed by atoms with van der Waals surface area (Å²) in [5, 5.41) is 9.89. The number of fused-ring (bicyclic) bond motifs is 2. The number of rotatable bonds is 4. The number of aromatic nitrogens is 3. The van der Waals surface area contributed by atoms with E-state index < -0.39 is 18.0 Å². The van der Waals surface area contributed by atoms with E-state index in [1.54, 1.807) is 0 Å². The second-order valence-corrected chi connectivity index (χ2v) is 6.72. The molecule has 166 valence electrons. The molecule has 2 aromatic heterocycles. The van der Waals surface area contributed by atoms with Gasteiger partial charge in [-0.15, -0.1) is 25.6 Å². The number of benzene rings is 1. The second-order valence-electron chi connectivity index (χ2n) is 6.72. The predicted molar refractivity (Wildman–Crippen MR) is 109 cm³/mol. The monoisotopic (exact) mass is 457 g/mol. The van der Waals surface area contributed by atoms with Crippen LogP contribution < -0.4 is 20.9 Å². The Labute approximate surface area is 180 Å². The van der Waals surface area contributed by atoms with Gasteiger partial charge in [0.05, 0.1) is 11.8 Å². The predicted octanol–water partition coefficient (Wildman–Crippen LogP) is 2.73. The van der Waals surface area contributed by atoms with Crippen molar-refractivity contribution in [3.8, 4) is 5.75 Å². The van der Waals surface area contributed by atoms with Crippen molar-refractivity contribution in [2.45, 2.75) is 32.8 Å². The van der Waals surface area contributed by atoms with Crippen LogP contribution in [0.1, 0.15) is 28.5 Å². The van der Waals surface area contributed by atoms with E-state index in [-0.39, 0.29) is 29.2 Å². The van der Waals surface area contributed by atoms with E-state index in [4.69, 9.17) is 0 Å². The maximum absolute atomic E-state index is 12.8. The maximum Gasteiger partial charge on any atom is 0.573 e. The Morgan fingerprint density at radius 1 is 1.29 bits per heavy atom. The molecule has 3 aromatic rings. The van der Waals surface area contributed by atoms with E-state index in [0.717, 1.165) is 24.4 Å². The van der Waals surface area contributed by atoms with Gasteiger partial charge in [-0.25, -0.2) is 0 Å². The molecule has 4 rings (SSSR count). The molecule has 0 fully saturated rings. The standard InChI is InChI=1S/C19H18F3N5O3.ClH/c1-2-26-15-7-8-23-9-13(15)18(29)27-17(26)14(10-24-27)16(28)25-11-3-5-12(6-4-11)30-19(20,21)22;/h3-6,10,23H,2,7-9H2,1H3,(H,25,28);1H. The number of carbonyl (C=O) groups is 1. The molecule has 0 unspecified atom stereocenters. The zero-order valence-corrected chi connectivity index (χ0v) is 17.1. The minimum absolute atomic E-state index is 0. The fraction of sp³-hybridized carbons (Fsp3) is 0.316. The lowest BCUT2D eigenvalue weighted by molar-refractivity contribution is -0.274. The number of ether oxygens (including phenoxy) is 1. The number of carbonyl (C=O) groups excluding carboxylic acids is 1. The summed E-state index contributed by atoms with van der Waals surface area (Å²) in [5.74, 6) is -0.915. The molecule has 8 nitrogen and oxygen atoms in total. The Morgan fingerprint density at radius 3 is 2.65 bits per heavy atom. The van der Waals surface area contributed by atoms with Crippen LogP contribution in [0.5, 0.6) is 5.75 Å². The first-order chi connectivity index (χ1) is 14.3. The van der Waals surface area contributed by atoms with Gasteiger partial charge in [-0.2, -0.15) is 9.61 Å². The number of anilines is 1. The average molecular weight is 458 g/mol. The quantitative estimate of drug-likeness (QED) is 0.629. The van der Waals surface area contributed by atoms with Crippen molar-refractivity contribution in [2.24, 2.45) is 0 Å². The van der Waals surface area contributed by atoms with E-state index in [1.165, 1.54) is 22.8 Å². The van der Waals surface area contributed by atoms with Crippen molar-refractivity contribution in [3.05, 3.63) is 57.6 Å². The van der Waals surface area contributed by atoms with Gasteiger partial charge >= 0.3 is 6.36 Å². The SMILES string of the molecule is CCn1c2c(c(=O)n3ncc(C(=O)Nc4ccc(OC(F)(F)F)cc4)c13)CNCC2.Cl. The van der Waals surface area contributed by atoms with Crippen LogP contribution in [0.25, 0.3) is 5.65 Å². The molecule has 31 heavy (non-hydrogen) atoms. The Bertz CT molecular complexity index is 1170. The lowest BCUT2D eigenvalue weighted by Crippen LogP contribution is -2.36. The van der Waals surface area contributed by atoms with Crippen molar-refractivity contribution in [1.82, 2.24) is 19.5 Å². The van der Waals surface area contributed by atoms with Gasteiger partial charge in [0.1, 0.15) is 11.3 Å². The summed E-state index contributed by atoms with van der Waals surface area (Å²) in [6, 6.07) is 4.80.